The summed E-state index contributed by atoms with van der Waals surface area (Å²) in [6.07, 6.45) is 4.54. The van der Waals surface area contributed by atoms with Crippen LogP contribution in [0, 0.1) is 5.92 Å². The molecule has 29 heavy (non-hydrogen) atoms. The van der Waals surface area contributed by atoms with E-state index < -0.39 is 0 Å². The van der Waals surface area contributed by atoms with Crippen LogP contribution in [-0.4, -0.2) is 44.2 Å². The van der Waals surface area contributed by atoms with E-state index in [0.717, 1.165) is 56.6 Å². The number of guanidine groups is 1. The van der Waals surface area contributed by atoms with Crippen molar-refractivity contribution in [1.29, 1.82) is 0 Å². The van der Waals surface area contributed by atoms with Crippen molar-refractivity contribution in [2.75, 3.05) is 26.3 Å². The maximum Gasteiger partial charge on any atom is 0.251 e. The Morgan fingerprint density at radius 1 is 1.28 bits per heavy atom. The molecule has 1 aromatic carbocycles. The molecule has 1 aromatic rings. The molecular formula is C22H37IN4O2. The van der Waals surface area contributed by atoms with Gasteiger partial charge in [0, 0.05) is 37.9 Å². The van der Waals surface area contributed by atoms with Gasteiger partial charge in [-0.1, -0.05) is 19.1 Å². The number of nitrogens with zero attached hydrogens (tertiary/aromatic N) is 1. The van der Waals surface area contributed by atoms with Gasteiger partial charge in [0.05, 0.1) is 6.54 Å². The third-order valence-corrected chi connectivity index (χ3v) is 4.75. The predicted molar refractivity (Wildman–Crippen MR) is 130 cm³/mol. The second kappa shape index (κ2) is 14.6. The predicted octanol–water partition coefficient (Wildman–Crippen LogP) is 3.70. The van der Waals surface area contributed by atoms with Crippen LogP contribution in [0.5, 0.6) is 0 Å². The van der Waals surface area contributed by atoms with Crippen LogP contribution in [0.15, 0.2) is 29.3 Å². The summed E-state index contributed by atoms with van der Waals surface area (Å²) in [5.74, 6) is 1.57. The number of hydrogen-bond donors (Lipinski definition) is 3. The number of nitrogens with one attached hydrogen (secondary N) is 3. The fourth-order valence-electron chi connectivity index (χ4n) is 2.65. The molecule has 0 radical (unpaired) electrons. The molecule has 0 bridgehead atoms. The summed E-state index contributed by atoms with van der Waals surface area (Å²) in [4.78, 5) is 16.9. The summed E-state index contributed by atoms with van der Waals surface area (Å²) in [6.45, 7) is 9.98. The molecule has 0 aromatic heterocycles. The van der Waals surface area contributed by atoms with Crippen LogP contribution in [0.25, 0.3) is 0 Å². The van der Waals surface area contributed by atoms with Crippen molar-refractivity contribution in [3.63, 3.8) is 0 Å². The molecule has 0 aliphatic heterocycles. The third kappa shape index (κ3) is 10.8. The Bertz CT molecular complexity index is 635. The maximum absolute atomic E-state index is 12.3. The molecular weight excluding hydrogens is 479 g/mol. The number of amides is 1. The van der Waals surface area contributed by atoms with Gasteiger partial charge in [-0.3, -0.25) is 4.79 Å². The zero-order valence-electron chi connectivity index (χ0n) is 18.0. The van der Waals surface area contributed by atoms with Crippen molar-refractivity contribution in [1.82, 2.24) is 16.0 Å². The van der Waals surface area contributed by atoms with Crippen molar-refractivity contribution < 1.29 is 9.53 Å². The summed E-state index contributed by atoms with van der Waals surface area (Å²) >= 11 is 0. The molecule has 1 aliphatic rings. The smallest absolute Gasteiger partial charge is 0.251 e. The summed E-state index contributed by atoms with van der Waals surface area (Å²) in [5, 5.41) is 9.61. The van der Waals surface area contributed by atoms with Crippen LogP contribution in [0.3, 0.4) is 0 Å². The van der Waals surface area contributed by atoms with Gasteiger partial charge in [0.2, 0.25) is 0 Å². The fraction of sp³-hybridized carbons (Fsp3) is 0.636. The van der Waals surface area contributed by atoms with Crippen molar-refractivity contribution in [3.8, 4) is 0 Å². The first-order valence-electron chi connectivity index (χ1n) is 10.6. The maximum atomic E-state index is 12.3. The van der Waals surface area contributed by atoms with Crippen LogP contribution < -0.4 is 16.0 Å². The molecule has 1 atom stereocenters. The molecule has 1 amide bonds. The van der Waals surface area contributed by atoms with E-state index in [1.165, 1.54) is 12.8 Å². The summed E-state index contributed by atoms with van der Waals surface area (Å²) < 4.78 is 5.66. The van der Waals surface area contributed by atoms with Crippen LogP contribution in [-0.2, 0) is 11.3 Å². The lowest BCUT2D eigenvalue weighted by Gasteiger charge is -2.13. The highest BCUT2D eigenvalue weighted by atomic mass is 127. The monoisotopic (exact) mass is 516 g/mol. The lowest BCUT2D eigenvalue weighted by molar-refractivity contribution is 0.0939. The molecule has 6 nitrogen and oxygen atoms in total. The Hall–Kier alpha value is -1.35. The lowest BCUT2D eigenvalue weighted by Crippen LogP contribution is -2.38. The van der Waals surface area contributed by atoms with Gasteiger partial charge in [0.15, 0.2) is 5.96 Å². The van der Waals surface area contributed by atoms with Gasteiger partial charge in [-0.2, -0.15) is 0 Å². The van der Waals surface area contributed by atoms with E-state index >= 15 is 0 Å². The summed E-state index contributed by atoms with van der Waals surface area (Å²) in [7, 11) is 0. The Morgan fingerprint density at radius 3 is 2.76 bits per heavy atom. The molecule has 164 valence electrons. The van der Waals surface area contributed by atoms with E-state index in [1.54, 1.807) is 0 Å². The number of halogens is 1. The highest BCUT2D eigenvalue weighted by Crippen LogP contribution is 2.28. The molecule has 3 N–H and O–H groups in total. The van der Waals surface area contributed by atoms with E-state index in [0.29, 0.717) is 12.1 Å². The summed E-state index contributed by atoms with van der Waals surface area (Å²) in [6, 6.07) is 7.84. The highest BCUT2D eigenvalue weighted by Gasteiger charge is 2.20. The second-order valence-corrected chi connectivity index (χ2v) is 7.48. The Morgan fingerprint density at radius 2 is 2.07 bits per heavy atom. The molecule has 7 heteroatoms. The van der Waals surface area contributed by atoms with Gasteiger partial charge < -0.3 is 20.7 Å². The average molecular weight is 516 g/mol. The van der Waals surface area contributed by atoms with Crippen LogP contribution in [0.4, 0.5) is 0 Å². The molecule has 0 spiro atoms. The first kappa shape index (κ1) is 25.7. The fourth-order valence-corrected chi connectivity index (χ4v) is 2.65. The van der Waals surface area contributed by atoms with Gasteiger partial charge in [-0.15, -0.1) is 24.0 Å². The van der Waals surface area contributed by atoms with Gasteiger partial charge >= 0.3 is 0 Å². The zero-order valence-corrected chi connectivity index (χ0v) is 20.3. The minimum absolute atomic E-state index is 0. The van der Waals surface area contributed by atoms with E-state index in [1.807, 2.05) is 31.2 Å². The van der Waals surface area contributed by atoms with Crippen molar-refractivity contribution in [3.05, 3.63) is 35.4 Å². The third-order valence-electron chi connectivity index (χ3n) is 4.75. The van der Waals surface area contributed by atoms with Crippen molar-refractivity contribution in [2.45, 2.75) is 59.0 Å². The topological polar surface area (TPSA) is 74.8 Å². The van der Waals surface area contributed by atoms with E-state index in [2.05, 4.69) is 34.8 Å². The largest absolute Gasteiger partial charge is 0.381 e. The number of carbonyl (C=O) groups excluding carboxylic acids is 1. The molecule has 1 unspecified atom stereocenters. The number of ether oxygens (including phenoxy) is 1. The average Bonchev–Trinajstić information content (AvgIpc) is 3.53. The molecule has 0 saturated heterocycles. The minimum atomic E-state index is -0.0311. The van der Waals surface area contributed by atoms with Crippen LogP contribution >= 0.6 is 24.0 Å². The first-order chi connectivity index (χ1) is 13.6. The zero-order chi connectivity index (χ0) is 20.2. The normalized spacial score (nSPS) is 14.7. The first-order valence-corrected chi connectivity index (χ1v) is 10.6. The number of carbonyl (C=O) groups is 1. The Labute approximate surface area is 192 Å². The SMILES string of the molecule is CCNC(=NCc1cccc(C(=O)NC(C)CC)c1)NCCCOCC1CC1.I. The molecule has 1 fully saturated rings. The van der Waals surface area contributed by atoms with Gasteiger partial charge in [-0.05, 0) is 63.1 Å². The van der Waals surface area contributed by atoms with Gasteiger partial charge in [0.25, 0.3) is 5.91 Å². The van der Waals surface area contributed by atoms with Crippen LogP contribution in [0.1, 0.15) is 62.4 Å². The molecule has 2 rings (SSSR count). The standard InChI is InChI=1S/C22H36N4O2.HI/c1-4-17(3)26-21(27)20-9-6-8-19(14-20)15-25-22(23-5-2)24-12-7-13-28-16-18-10-11-18;/h6,8-9,14,17-18H,4-5,7,10-13,15-16H2,1-3H3,(H,26,27)(H2,23,24,25);1H. The van der Waals surface area contributed by atoms with Crippen LogP contribution in [0.2, 0.25) is 0 Å². The quantitative estimate of drug-likeness (QED) is 0.172. The Kier molecular flexibility index (Phi) is 12.9. The number of rotatable bonds is 12. The lowest BCUT2D eigenvalue weighted by atomic mass is 10.1. The van der Waals surface area contributed by atoms with Gasteiger partial charge in [0.1, 0.15) is 0 Å². The Balaban J connectivity index is 0.00000420. The number of benzene rings is 1. The number of aliphatic imine (C=N–C) groups is 1. The molecule has 1 saturated carbocycles. The molecule has 1 aliphatic carbocycles. The molecule has 0 heterocycles. The highest BCUT2D eigenvalue weighted by molar-refractivity contribution is 14.0. The second-order valence-electron chi connectivity index (χ2n) is 7.48. The minimum Gasteiger partial charge on any atom is -0.381 e. The number of hydrogen-bond acceptors (Lipinski definition) is 3. The van der Waals surface area contributed by atoms with Crippen molar-refractivity contribution in [2.24, 2.45) is 10.9 Å². The van der Waals surface area contributed by atoms with E-state index in [9.17, 15) is 4.79 Å². The summed E-state index contributed by atoms with van der Waals surface area (Å²) in [5.41, 5.74) is 1.69. The van der Waals surface area contributed by atoms with E-state index in [4.69, 9.17) is 4.74 Å². The van der Waals surface area contributed by atoms with E-state index in [-0.39, 0.29) is 35.9 Å². The van der Waals surface area contributed by atoms with Crippen molar-refractivity contribution >= 4 is 35.8 Å². The van der Waals surface area contributed by atoms with Gasteiger partial charge in [-0.25, -0.2) is 4.99 Å².